The Bertz CT molecular complexity index is 817. The topological polar surface area (TPSA) is 115 Å². The number of primary amides is 1. The van der Waals surface area contributed by atoms with E-state index in [0.717, 1.165) is 25.7 Å². The second-order valence-corrected chi connectivity index (χ2v) is 8.94. The van der Waals surface area contributed by atoms with Gasteiger partial charge in [0.1, 0.15) is 17.7 Å². The average molecular weight is 417 g/mol. The second kappa shape index (κ2) is 8.62. The van der Waals surface area contributed by atoms with Crippen LogP contribution in [0.5, 0.6) is 5.88 Å². The van der Waals surface area contributed by atoms with Gasteiger partial charge in [-0.25, -0.2) is 9.78 Å². The van der Waals surface area contributed by atoms with Crippen molar-refractivity contribution in [2.45, 2.75) is 78.0 Å². The Labute approximate surface area is 177 Å². The van der Waals surface area contributed by atoms with Crippen LogP contribution >= 0.6 is 0 Å². The van der Waals surface area contributed by atoms with Crippen molar-refractivity contribution in [3.05, 3.63) is 23.9 Å². The summed E-state index contributed by atoms with van der Waals surface area (Å²) < 4.78 is 5.89. The Kier molecular flexibility index (Phi) is 6.33. The number of amides is 4. The molecule has 1 aliphatic carbocycles. The van der Waals surface area contributed by atoms with Crippen molar-refractivity contribution in [1.29, 1.82) is 0 Å². The van der Waals surface area contributed by atoms with E-state index in [1.165, 1.54) is 4.90 Å². The highest BCUT2D eigenvalue weighted by molar-refractivity contribution is 6.04. The molecule has 2 heterocycles. The van der Waals surface area contributed by atoms with Crippen LogP contribution < -0.4 is 15.8 Å². The minimum Gasteiger partial charge on any atom is -0.474 e. The smallest absolute Gasteiger partial charge is 0.325 e. The minimum atomic E-state index is -0.570. The van der Waals surface area contributed by atoms with Crippen molar-refractivity contribution in [3.63, 3.8) is 0 Å². The molecular formula is C22H32N4O4. The number of imide groups is 1. The van der Waals surface area contributed by atoms with E-state index in [1.807, 2.05) is 20.8 Å². The summed E-state index contributed by atoms with van der Waals surface area (Å²) in [6, 6.07) is 2.33. The maximum atomic E-state index is 12.9. The van der Waals surface area contributed by atoms with E-state index in [1.54, 1.807) is 18.3 Å². The fraction of sp³-hybridized carbons (Fsp3) is 0.636. The molecule has 2 fully saturated rings. The first-order chi connectivity index (χ1) is 14.2. The summed E-state index contributed by atoms with van der Waals surface area (Å²) in [4.78, 5) is 42.4. The number of nitrogens with two attached hydrogens (primary N) is 1. The first kappa shape index (κ1) is 22.1. The zero-order valence-corrected chi connectivity index (χ0v) is 18.2. The fourth-order valence-electron chi connectivity index (χ4n) is 4.94. The van der Waals surface area contributed by atoms with E-state index in [4.69, 9.17) is 10.5 Å². The fourth-order valence-corrected chi connectivity index (χ4v) is 4.94. The van der Waals surface area contributed by atoms with Crippen LogP contribution in [0.2, 0.25) is 0 Å². The summed E-state index contributed by atoms with van der Waals surface area (Å²) in [5.41, 5.74) is 5.60. The van der Waals surface area contributed by atoms with E-state index >= 15 is 0 Å². The number of urea groups is 1. The number of nitrogens with one attached hydrogen (secondary N) is 1. The van der Waals surface area contributed by atoms with Crippen molar-refractivity contribution >= 4 is 17.8 Å². The number of carbonyl (C=O) groups is 3. The summed E-state index contributed by atoms with van der Waals surface area (Å²) >= 11 is 0. The van der Waals surface area contributed by atoms with Crippen molar-refractivity contribution in [3.8, 4) is 5.88 Å². The molecule has 1 aromatic rings. The summed E-state index contributed by atoms with van der Waals surface area (Å²) in [5.74, 6) is -0.267. The number of carbonyl (C=O) groups excluding carboxylic acids is 3. The molecule has 3 rings (SSSR count). The van der Waals surface area contributed by atoms with Crippen LogP contribution in [0.15, 0.2) is 18.3 Å². The van der Waals surface area contributed by atoms with Gasteiger partial charge in [-0.3, -0.25) is 14.5 Å². The van der Waals surface area contributed by atoms with Crippen molar-refractivity contribution in [2.24, 2.45) is 17.1 Å². The van der Waals surface area contributed by atoms with Gasteiger partial charge in [0, 0.05) is 12.2 Å². The van der Waals surface area contributed by atoms with Crippen molar-refractivity contribution in [2.75, 3.05) is 0 Å². The molecule has 4 amide bonds. The van der Waals surface area contributed by atoms with Gasteiger partial charge in [0.25, 0.3) is 11.8 Å². The molecule has 1 unspecified atom stereocenters. The normalized spacial score (nSPS) is 27.0. The van der Waals surface area contributed by atoms with Gasteiger partial charge >= 0.3 is 6.03 Å². The van der Waals surface area contributed by atoms with Gasteiger partial charge in [0.05, 0.1) is 0 Å². The summed E-state index contributed by atoms with van der Waals surface area (Å²) in [5, 5.41) is 2.88. The summed E-state index contributed by atoms with van der Waals surface area (Å²) in [6.07, 6.45) is 5.41. The number of nitrogens with zero attached hydrogens (tertiary/aromatic N) is 2. The van der Waals surface area contributed by atoms with E-state index in [-0.39, 0.29) is 46.9 Å². The summed E-state index contributed by atoms with van der Waals surface area (Å²) in [7, 11) is 0. The van der Waals surface area contributed by atoms with Crippen LogP contribution in [0.1, 0.15) is 70.2 Å². The number of pyridine rings is 1. The highest BCUT2D eigenvalue weighted by atomic mass is 16.5. The number of rotatable bonds is 9. The molecule has 2 atom stereocenters. The zero-order chi connectivity index (χ0) is 22.1. The third-order valence-electron chi connectivity index (χ3n) is 6.51. The Morgan fingerprint density at radius 3 is 2.63 bits per heavy atom. The van der Waals surface area contributed by atoms with Gasteiger partial charge in [-0.05, 0) is 49.7 Å². The molecule has 3 N–H and O–H groups in total. The lowest BCUT2D eigenvalue weighted by atomic mass is 9.65. The van der Waals surface area contributed by atoms with Gasteiger partial charge in [0.2, 0.25) is 5.88 Å². The largest absolute Gasteiger partial charge is 0.474 e. The van der Waals surface area contributed by atoms with Gasteiger partial charge < -0.3 is 15.8 Å². The van der Waals surface area contributed by atoms with Crippen LogP contribution in [0.4, 0.5) is 4.79 Å². The van der Waals surface area contributed by atoms with Gasteiger partial charge in [-0.2, -0.15) is 0 Å². The molecule has 1 saturated carbocycles. The lowest BCUT2D eigenvalue weighted by Crippen LogP contribution is -2.48. The maximum absolute atomic E-state index is 12.9. The predicted octanol–water partition coefficient (Wildman–Crippen LogP) is 2.86. The van der Waals surface area contributed by atoms with Crippen LogP contribution in [0, 0.1) is 11.3 Å². The third-order valence-corrected chi connectivity index (χ3v) is 6.51. The van der Waals surface area contributed by atoms with E-state index in [9.17, 15) is 14.4 Å². The van der Waals surface area contributed by atoms with E-state index in [0.29, 0.717) is 6.42 Å². The van der Waals surface area contributed by atoms with E-state index in [2.05, 4.69) is 17.2 Å². The second-order valence-electron chi connectivity index (χ2n) is 8.94. The monoisotopic (exact) mass is 416 g/mol. The van der Waals surface area contributed by atoms with Gasteiger partial charge in [-0.1, -0.05) is 33.6 Å². The first-order valence-electron chi connectivity index (χ1n) is 10.7. The quantitative estimate of drug-likeness (QED) is 0.601. The molecule has 0 spiro atoms. The number of aromatic nitrogens is 1. The van der Waals surface area contributed by atoms with E-state index < -0.39 is 11.9 Å². The molecule has 0 radical (unpaired) electrons. The maximum Gasteiger partial charge on any atom is 0.325 e. The molecule has 2 aliphatic rings. The van der Waals surface area contributed by atoms with Crippen molar-refractivity contribution in [1.82, 2.24) is 15.2 Å². The minimum absolute atomic E-state index is 0.0562. The molecule has 0 bridgehead atoms. The Hall–Kier alpha value is -2.64. The van der Waals surface area contributed by atoms with Crippen LogP contribution in [-0.2, 0) is 4.79 Å². The highest BCUT2D eigenvalue weighted by Gasteiger charge is 2.48. The Morgan fingerprint density at radius 2 is 2.03 bits per heavy atom. The molecule has 8 nitrogen and oxygen atoms in total. The SMILES string of the molecule is CCC(CC)C1NC(=O)N([C@@H](C)CC2(C)CC(Oc3ncccc3C(N)=O)C2)C1=O. The lowest BCUT2D eigenvalue weighted by molar-refractivity contribution is -0.131. The molecule has 1 aliphatic heterocycles. The number of hydrogen-bond acceptors (Lipinski definition) is 5. The Morgan fingerprint density at radius 1 is 1.37 bits per heavy atom. The first-order valence-corrected chi connectivity index (χ1v) is 10.7. The zero-order valence-electron chi connectivity index (χ0n) is 18.2. The van der Waals surface area contributed by atoms with Crippen LogP contribution in [0.3, 0.4) is 0 Å². The molecule has 1 saturated heterocycles. The standard InChI is InChI=1S/C22H32N4O4/c1-5-14(6-2)17-20(28)26(21(29)25-17)13(3)10-22(4)11-15(12-22)30-19-16(18(23)27)8-7-9-24-19/h7-9,13-15,17H,5-6,10-12H2,1-4H3,(H2,23,27)(H,25,29)/t13-,15?,17?,22?/m0/s1. The highest BCUT2D eigenvalue weighted by Crippen LogP contribution is 2.47. The average Bonchev–Trinajstić information content (AvgIpc) is 2.96. The summed E-state index contributed by atoms with van der Waals surface area (Å²) in [6.45, 7) is 8.14. The number of hydrogen-bond donors (Lipinski definition) is 2. The molecule has 0 aromatic carbocycles. The number of ether oxygens (including phenoxy) is 1. The van der Waals surface area contributed by atoms with Crippen molar-refractivity contribution < 1.29 is 19.1 Å². The molecular weight excluding hydrogens is 384 g/mol. The molecule has 1 aromatic heterocycles. The Balaban J connectivity index is 1.58. The predicted molar refractivity (Wildman–Crippen MR) is 112 cm³/mol. The van der Waals surface area contributed by atoms with Gasteiger partial charge in [0.15, 0.2) is 0 Å². The molecule has 8 heteroatoms. The lowest BCUT2D eigenvalue weighted by Gasteiger charge is -2.46. The van der Waals surface area contributed by atoms with Crippen LogP contribution in [0.25, 0.3) is 0 Å². The van der Waals surface area contributed by atoms with Gasteiger partial charge in [-0.15, -0.1) is 0 Å². The van der Waals surface area contributed by atoms with Crippen LogP contribution in [-0.4, -0.2) is 45.9 Å². The third kappa shape index (κ3) is 4.27. The molecule has 30 heavy (non-hydrogen) atoms. The molecule has 164 valence electrons.